The van der Waals surface area contributed by atoms with Crippen molar-refractivity contribution < 1.29 is 19.7 Å². The number of aromatic hydroxyl groups is 2. The van der Waals surface area contributed by atoms with Crippen molar-refractivity contribution >= 4 is 12.2 Å². The molecule has 0 aliphatic rings. The van der Waals surface area contributed by atoms with Gasteiger partial charge in [0.15, 0.2) is 23.0 Å². The van der Waals surface area contributed by atoms with E-state index in [1.807, 2.05) is 12.1 Å². The highest BCUT2D eigenvalue weighted by Gasteiger charge is 2.04. The summed E-state index contributed by atoms with van der Waals surface area (Å²) in [4.78, 5) is 0. The Bertz CT molecular complexity index is 956. The van der Waals surface area contributed by atoms with Crippen molar-refractivity contribution in [1.82, 2.24) is 0 Å². The first kappa shape index (κ1) is 20.2. The van der Waals surface area contributed by atoms with Crippen LogP contribution in [0.1, 0.15) is 11.1 Å². The number of phenolic OH excluding ortho intramolecular Hbond substituents is 2. The third-order valence-electron chi connectivity index (χ3n) is 3.83. The monoisotopic (exact) mass is 374 g/mol. The predicted molar refractivity (Wildman–Crippen MR) is 106 cm³/mol. The fraction of sp³-hybridized carbons (Fsp3) is 0.0909. The Morgan fingerprint density at radius 1 is 0.821 bits per heavy atom. The molecule has 0 aromatic heterocycles. The van der Waals surface area contributed by atoms with Gasteiger partial charge in [-0.05, 0) is 35.4 Å². The van der Waals surface area contributed by atoms with E-state index in [1.165, 1.54) is 26.4 Å². The minimum atomic E-state index is -0.0519. The van der Waals surface area contributed by atoms with Gasteiger partial charge in [-0.25, -0.2) is 0 Å². The van der Waals surface area contributed by atoms with Crippen molar-refractivity contribution in [2.24, 2.45) is 0 Å². The molecule has 0 radical (unpaired) electrons. The SMILES string of the molecule is COc1cc(/C=C/C(/C=C/c2ccc(O)c(OC)c2)=C(C#N)C#N)ccc1O. The topological polar surface area (TPSA) is 106 Å². The van der Waals surface area contributed by atoms with Crippen LogP contribution in [0.3, 0.4) is 0 Å². The molecule has 0 spiro atoms. The van der Waals surface area contributed by atoms with Gasteiger partial charge in [-0.1, -0.05) is 36.4 Å². The van der Waals surface area contributed by atoms with E-state index < -0.39 is 0 Å². The van der Waals surface area contributed by atoms with Gasteiger partial charge in [0.05, 0.1) is 14.2 Å². The molecule has 2 aromatic carbocycles. The number of nitriles is 2. The molecule has 140 valence electrons. The van der Waals surface area contributed by atoms with Gasteiger partial charge in [0, 0.05) is 5.57 Å². The highest BCUT2D eigenvalue weighted by molar-refractivity contribution is 5.66. The molecule has 0 aliphatic carbocycles. The highest BCUT2D eigenvalue weighted by Crippen LogP contribution is 2.28. The maximum Gasteiger partial charge on any atom is 0.161 e. The number of benzene rings is 2. The molecule has 2 aromatic rings. The molecule has 0 saturated heterocycles. The molecule has 0 fully saturated rings. The van der Waals surface area contributed by atoms with Crippen molar-refractivity contribution in [2.45, 2.75) is 0 Å². The molecule has 0 amide bonds. The molecule has 0 unspecified atom stereocenters. The first-order valence-corrected chi connectivity index (χ1v) is 8.17. The number of hydrogen-bond donors (Lipinski definition) is 2. The molecule has 6 heteroatoms. The normalized spacial score (nSPS) is 10.4. The zero-order chi connectivity index (χ0) is 20.5. The van der Waals surface area contributed by atoms with Gasteiger partial charge in [-0.15, -0.1) is 0 Å². The zero-order valence-electron chi connectivity index (χ0n) is 15.4. The van der Waals surface area contributed by atoms with E-state index in [0.29, 0.717) is 17.1 Å². The third kappa shape index (κ3) is 4.94. The lowest BCUT2D eigenvalue weighted by Gasteiger charge is -2.04. The summed E-state index contributed by atoms with van der Waals surface area (Å²) < 4.78 is 10.1. The van der Waals surface area contributed by atoms with E-state index in [0.717, 1.165) is 11.1 Å². The summed E-state index contributed by atoms with van der Waals surface area (Å²) in [7, 11) is 2.90. The highest BCUT2D eigenvalue weighted by atomic mass is 16.5. The molecule has 0 bridgehead atoms. The van der Waals surface area contributed by atoms with Crippen molar-refractivity contribution in [3.8, 4) is 35.1 Å². The standard InChI is InChI=1S/C22H18N2O4/c1-27-21-11-15(5-9-19(21)25)3-7-17(18(13-23)14-24)8-4-16-6-10-20(26)22(12-16)28-2/h3-12,25-26H,1-2H3/b7-3+,8-4+. The van der Waals surface area contributed by atoms with Gasteiger partial charge in [-0.3, -0.25) is 0 Å². The van der Waals surface area contributed by atoms with Gasteiger partial charge in [0.25, 0.3) is 0 Å². The van der Waals surface area contributed by atoms with Crippen LogP contribution in [0.15, 0.2) is 59.7 Å². The smallest absolute Gasteiger partial charge is 0.161 e. The second-order valence-electron chi connectivity index (χ2n) is 5.58. The van der Waals surface area contributed by atoms with Crippen LogP contribution in [-0.2, 0) is 0 Å². The van der Waals surface area contributed by atoms with Crippen molar-refractivity contribution in [3.05, 3.63) is 70.8 Å². The fourth-order valence-corrected chi connectivity index (χ4v) is 2.34. The number of hydrogen-bond acceptors (Lipinski definition) is 6. The molecule has 0 saturated carbocycles. The Balaban J connectivity index is 2.38. The Labute approximate surface area is 163 Å². The second-order valence-corrected chi connectivity index (χ2v) is 5.58. The van der Waals surface area contributed by atoms with Crippen LogP contribution in [0.25, 0.3) is 12.2 Å². The van der Waals surface area contributed by atoms with Crippen LogP contribution >= 0.6 is 0 Å². The fourth-order valence-electron chi connectivity index (χ4n) is 2.34. The van der Waals surface area contributed by atoms with Crippen LogP contribution in [0.2, 0.25) is 0 Å². The zero-order valence-corrected chi connectivity index (χ0v) is 15.4. The van der Waals surface area contributed by atoms with Gasteiger partial charge in [0.1, 0.15) is 17.7 Å². The number of methoxy groups -OCH3 is 2. The molecule has 2 rings (SSSR count). The molecule has 0 aliphatic heterocycles. The summed E-state index contributed by atoms with van der Waals surface area (Å²) >= 11 is 0. The van der Waals surface area contributed by atoms with E-state index in [4.69, 9.17) is 9.47 Å². The van der Waals surface area contributed by atoms with Gasteiger partial charge >= 0.3 is 0 Å². The number of ether oxygens (including phenoxy) is 2. The number of allylic oxidation sites excluding steroid dienone is 4. The third-order valence-corrected chi connectivity index (χ3v) is 3.83. The van der Waals surface area contributed by atoms with E-state index in [1.54, 1.807) is 48.6 Å². The number of phenols is 2. The maximum absolute atomic E-state index is 9.67. The Morgan fingerprint density at radius 3 is 1.61 bits per heavy atom. The summed E-state index contributed by atoms with van der Waals surface area (Å²) in [6.07, 6.45) is 6.66. The molecule has 28 heavy (non-hydrogen) atoms. The Hall–Kier alpha value is -4.16. The van der Waals surface area contributed by atoms with Gasteiger partial charge in [0.2, 0.25) is 0 Å². The maximum atomic E-state index is 9.67. The lowest BCUT2D eigenvalue weighted by atomic mass is 10.1. The van der Waals surface area contributed by atoms with Crippen LogP contribution in [0.5, 0.6) is 23.0 Å². The van der Waals surface area contributed by atoms with Crippen molar-refractivity contribution in [2.75, 3.05) is 14.2 Å². The van der Waals surface area contributed by atoms with Gasteiger partial charge < -0.3 is 19.7 Å². The molecule has 0 heterocycles. The minimum absolute atomic E-state index is 0.0197. The second kappa shape index (κ2) is 9.51. The average molecular weight is 374 g/mol. The molecular formula is C22H18N2O4. The Kier molecular flexibility index (Phi) is 6.85. The van der Waals surface area contributed by atoms with E-state index >= 15 is 0 Å². The van der Waals surface area contributed by atoms with E-state index in [-0.39, 0.29) is 17.1 Å². The molecule has 6 nitrogen and oxygen atoms in total. The van der Waals surface area contributed by atoms with E-state index in [2.05, 4.69) is 0 Å². The van der Waals surface area contributed by atoms with Crippen LogP contribution in [0.4, 0.5) is 0 Å². The first-order chi connectivity index (χ1) is 13.5. The molecule has 2 N–H and O–H groups in total. The van der Waals surface area contributed by atoms with Crippen LogP contribution < -0.4 is 9.47 Å². The van der Waals surface area contributed by atoms with Crippen molar-refractivity contribution in [3.63, 3.8) is 0 Å². The first-order valence-electron chi connectivity index (χ1n) is 8.17. The summed E-state index contributed by atoms with van der Waals surface area (Å²) in [5.41, 5.74) is 1.80. The van der Waals surface area contributed by atoms with Crippen LogP contribution in [0, 0.1) is 22.7 Å². The number of rotatable bonds is 6. The lowest BCUT2D eigenvalue weighted by Crippen LogP contribution is -1.86. The predicted octanol–water partition coefficient (Wildman–Crippen LogP) is 4.19. The summed E-state index contributed by atoms with van der Waals surface area (Å²) in [6, 6.07) is 13.4. The minimum Gasteiger partial charge on any atom is -0.504 e. The Morgan fingerprint density at radius 2 is 1.25 bits per heavy atom. The van der Waals surface area contributed by atoms with Crippen molar-refractivity contribution in [1.29, 1.82) is 10.5 Å². The largest absolute Gasteiger partial charge is 0.504 e. The number of nitrogens with zero attached hydrogens (tertiary/aromatic N) is 2. The summed E-state index contributed by atoms with van der Waals surface area (Å²) in [6.45, 7) is 0. The lowest BCUT2D eigenvalue weighted by molar-refractivity contribution is 0.373. The van der Waals surface area contributed by atoms with Gasteiger partial charge in [-0.2, -0.15) is 10.5 Å². The average Bonchev–Trinajstić information content (AvgIpc) is 2.72. The molecule has 0 atom stereocenters. The quantitative estimate of drug-likeness (QED) is 0.580. The van der Waals surface area contributed by atoms with Crippen LogP contribution in [-0.4, -0.2) is 24.4 Å². The molecular weight excluding hydrogens is 356 g/mol. The summed E-state index contributed by atoms with van der Waals surface area (Å²) in [5, 5.41) is 37.8. The summed E-state index contributed by atoms with van der Waals surface area (Å²) in [5.74, 6) is 0.679. The van der Waals surface area contributed by atoms with E-state index in [9.17, 15) is 20.7 Å².